The third kappa shape index (κ3) is 5.43. The van der Waals surface area contributed by atoms with Crippen LogP contribution in [0, 0.1) is 5.82 Å². The first kappa shape index (κ1) is 30.0. The SMILES string of the molecule is CN(C)C(=O)c1nc(Cl)c(F)c2nc(OC[C@@]34CCCN3C[C@H](F)C4)nc(N3CC4CCC(C3)N4C(=O)OC(C)(C)C)c12. The van der Waals surface area contributed by atoms with Crippen LogP contribution in [0.25, 0.3) is 10.9 Å². The van der Waals surface area contributed by atoms with E-state index in [9.17, 15) is 14.0 Å². The van der Waals surface area contributed by atoms with Crippen LogP contribution in [0.4, 0.5) is 19.4 Å². The minimum Gasteiger partial charge on any atom is -0.461 e. The Morgan fingerprint density at radius 2 is 1.81 bits per heavy atom. The maximum atomic E-state index is 15.7. The van der Waals surface area contributed by atoms with Crippen LogP contribution in [-0.4, -0.2) is 118 Å². The molecule has 234 valence electrons. The number of hydrogen-bond acceptors (Lipinski definition) is 9. The first-order valence-corrected chi connectivity index (χ1v) is 15.2. The summed E-state index contributed by atoms with van der Waals surface area (Å²) in [6.07, 6.45) is 2.30. The molecule has 2 bridgehead atoms. The number of pyridine rings is 1. The zero-order valence-corrected chi connectivity index (χ0v) is 26.0. The fraction of sp³-hybridized carbons (Fsp3) is 0.690. The second kappa shape index (κ2) is 10.8. The Kier molecular flexibility index (Phi) is 7.55. The predicted molar refractivity (Wildman–Crippen MR) is 156 cm³/mol. The molecule has 2 amide bonds. The maximum absolute atomic E-state index is 15.7. The van der Waals surface area contributed by atoms with Gasteiger partial charge in [0.25, 0.3) is 5.91 Å². The first-order chi connectivity index (χ1) is 20.3. The highest BCUT2D eigenvalue weighted by Crippen LogP contribution is 2.42. The molecule has 0 saturated carbocycles. The smallest absolute Gasteiger partial charge is 0.410 e. The lowest BCUT2D eigenvalue weighted by atomic mass is 9.95. The molecule has 4 saturated heterocycles. The van der Waals surface area contributed by atoms with Gasteiger partial charge >= 0.3 is 12.1 Å². The Labute approximate surface area is 254 Å². The van der Waals surface area contributed by atoms with Crippen molar-refractivity contribution in [3.63, 3.8) is 0 Å². The molecule has 2 aromatic rings. The summed E-state index contributed by atoms with van der Waals surface area (Å²) in [6, 6.07) is -0.434. The van der Waals surface area contributed by atoms with Crippen LogP contribution in [0.2, 0.25) is 5.15 Å². The molecule has 4 atom stereocenters. The summed E-state index contributed by atoms with van der Waals surface area (Å²) in [5.74, 6) is -1.09. The number of carbonyl (C=O) groups excluding carboxylic acids is 2. The summed E-state index contributed by atoms with van der Waals surface area (Å²) < 4.78 is 41.9. The summed E-state index contributed by atoms with van der Waals surface area (Å²) in [7, 11) is 3.13. The molecule has 0 radical (unpaired) electrons. The van der Waals surface area contributed by atoms with E-state index in [-0.39, 0.29) is 53.2 Å². The van der Waals surface area contributed by atoms with Gasteiger partial charge in [0, 0.05) is 40.2 Å². The van der Waals surface area contributed by atoms with Crippen LogP contribution in [-0.2, 0) is 4.74 Å². The van der Waals surface area contributed by atoms with Crippen molar-refractivity contribution in [1.29, 1.82) is 0 Å². The van der Waals surface area contributed by atoms with Crippen molar-refractivity contribution in [2.45, 2.75) is 82.3 Å². The third-order valence-corrected chi connectivity index (χ3v) is 9.18. The van der Waals surface area contributed by atoms with Crippen molar-refractivity contribution in [2.75, 3.05) is 51.8 Å². The molecule has 4 fully saturated rings. The molecule has 14 heteroatoms. The highest BCUT2D eigenvalue weighted by atomic mass is 35.5. The van der Waals surface area contributed by atoms with Crippen molar-refractivity contribution in [3.8, 4) is 6.01 Å². The van der Waals surface area contributed by atoms with E-state index >= 15 is 4.39 Å². The third-order valence-electron chi connectivity index (χ3n) is 8.93. The van der Waals surface area contributed by atoms with Crippen LogP contribution in [0.5, 0.6) is 6.01 Å². The number of fused-ring (bicyclic) bond motifs is 4. The van der Waals surface area contributed by atoms with Gasteiger partial charge in [0.05, 0.1) is 23.0 Å². The van der Waals surface area contributed by atoms with Gasteiger partial charge in [-0.25, -0.2) is 18.6 Å². The highest BCUT2D eigenvalue weighted by Gasteiger charge is 2.50. The molecule has 4 aliphatic rings. The number of aromatic nitrogens is 3. The molecule has 43 heavy (non-hydrogen) atoms. The standard InChI is InChI=1S/C29H38ClF2N7O4/c1-28(2,3)43-27(41)39-17-7-8-18(39)14-37(13-17)24-19-21(20(32)23(30)33-22(19)25(40)36(4)5)34-26(35-24)42-15-29-9-6-10-38(29)12-16(31)11-29/h16-18H,6-15H2,1-5H3/t16-,17?,18?,29+/m1/s1. The summed E-state index contributed by atoms with van der Waals surface area (Å²) >= 11 is 6.19. The lowest BCUT2D eigenvalue weighted by Crippen LogP contribution is -2.57. The molecule has 0 aromatic carbocycles. The van der Waals surface area contributed by atoms with E-state index in [1.54, 1.807) is 19.0 Å². The zero-order valence-electron chi connectivity index (χ0n) is 25.2. The Hall–Kier alpha value is -3.06. The fourth-order valence-electron chi connectivity index (χ4n) is 7.10. The molecule has 6 rings (SSSR count). The van der Waals surface area contributed by atoms with Crippen LogP contribution in [0.15, 0.2) is 0 Å². The van der Waals surface area contributed by atoms with Crippen molar-refractivity contribution < 1.29 is 27.8 Å². The van der Waals surface area contributed by atoms with E-state index < -0.39 is 34.2 Å². The van der Waals surface area contributed by atoms with Gasteiger partial charge in [0.15, 0.2) is 11.0 Å². The molecule has 0 aliphatic carbocycles. The number of alkyl halides is 1. The second-order valence-electron chi connectivity index (χ2n) is 13.4. The maximum Gasteiger partial charge on any atom is 0.410 e. The van der Waals surface area contributed by atoms with E-state index in [1.807, 2.05) is 25.7 Å². The number of ether oxygens (including phenoxy) is 2. The van der Waals surface area contributed by atoms with Gasteiger partial charge in [-0.1, -0.05) is 11.6 Å². The molecule has 2 unspecified atom stereocenters. The molecule has 2 aromatic heterocycles. The van der Waals surface area contributed by atoms with Gasteiger partial charge in [-0.2, -0.15) is 9.97 Å². The van der Waals surface area contributed by atoms with Gasteiger partial charge in [-0.15, -0.1) is 0 Å². The molecule has 4 aliphatic heterocycles. The zero-order chi connectivity index (χ0) is 30.8. The summed E-state index contributed by atoms with van der Waals surface area (Å²) in [5, 5.41) is -0.358. The van der Waals surface area contributed by atoms with Crippen molar-refractivity contribution in [2.24, 2.45) is 0 Å². The molecular formula is C29H38ClF2N7O4. The number of anilines is 1. The normalized spacial score (nSPS) is 27.1. The monoisotopic (exact) mass is 621 g/mol. The topological polar surface area (TPSA) is 104 Å². The van der Waals surface area contributed by atoms with Gasteiger partial charge < -0.3 is 19.3 Å². The van der Waals surface area contributed by atoms with E-state index in [0.717, 1.165) is 32.2 Å². The first-order valence-electron chi connectivity index (χ1n) is 14.8. The van der Waals surface area contributed by atoms with E-state index in [2.05, 4.69) is 14.9 Å². The minimum atomic E-state index is -0.935. The Balaban J connectivity index is 1.40. The summed E-state index contributed by atoms with van der Waals surface area (Å²) in [5.41, 5.74) is -1.35. The highest BCUT2D eigenvalue weighted by molar-refractivity contribution is 6.30. The van der Waals surface area contributed by atoms with Crippen molar-refractivity contribution in [3.05, 3.63) is 16.7 Å². The van der Waals surface area contributed by atoms with Crippen LogP contribution >= 0.6 is 11.6 Å². The quantitative estimate of drug-likeness (QED) is 0.457. The number of nitrogens with zero attached hydrogens (tertiary/aromatic N) is 7. The Bertz CT molecular complexity index is 1440. The summed E-state index contributed by atoms with van der Waals surface area (Å²) in [4.78, 5) is 46.8. The molecule has 11 nitrogen and oxygen atoms in total. The average molecular weight is 622 g/mol. The molecular weight excluding hydrogens is 584 g/mol. The fourth-order valence-corrected chi connectivity index (χ4v) is 7.28. The largest absolute Gasteiger partial charge is 0.461 e. The number of halogens is 3. The second-order valence-corrected chi connectivity index (χ2v) is 13.7. The molecule has 6 heterocycles. The number of amides is 2. The lowest BCUT2D eigenvalue weighted by Gasteiger charge is -2.42. The number of carbonyl (C=O) groups is 2. The minimum absolute atomic E-state index is 0.0773. The van der Waals surface area contributed by atoms with Crippen LogP contribution in [0.3, 0.4) is 0 Å². The van der Waals surface area contributed by atoms with Crippen LogP contribution in [0.1, 0.15) is 63.4 Å². The van der Waals surface area contributed by atoms with Crippen molar-refractivity contribution in [1.82, 2.24) is 29.7 Å². The van der Waals surface area contributed by atoms with Crippen LogP contribution < -0.4 is 9.64 Å². The van der Waals surface area contributed by atoms with Crippen molar-refractivity contribution >= 4 is 40.3 Å². The van der Waals surface area contributed by atoms with E-state index in [0.29, 0.717) is 26.1 Å². The molecule has 0 spiro atoms. The Morgan fingerprint density at radius 1 is 1.12 bits per heavy atom. The number of hydrogen-bond donors (Lipinski definition) is 0. The van der Waals surface area contributed by atoms with Gasteiger partial charge in [0.1, 0.15) is 35.4 Å². The van der Waals surface area contributed by atoms with Gasteiger partial charge in [0.2, 0.25) is 0 Å². The predicted octanol–water partition coefficient (Wildman–Crippen LogP) is 4.06. The number of rotatable bonds is 5. The van der Waals surface area contributed by atoms with Gasteiger partial charge in [-0.3, -0.25) is 14.6 Å². The number of piperazine rings is 1. The summed E-state index contributed by atoms with van der Waals surface area (Å²) in [6.45, 7) is 7.56. The van der Waals surface area contributed by atoms with E-state index in [4.69, 9.17) is 26.1 Å². The lowest BCUT2D eigenvalue weighted by molar-refractivity contribution is 0.0122. The average Bonchev–Trinajstić information content (AvgIpc) is 3.54. The Morgan fingerprint density at radius 3 is 2.47 bits per heavy atom. The van der Waals surface area contributed by atoms with Gasteiger partial charge in [-0.05, 0) is 53.0 Å². The molecule has 0 N–H and O–H groups in total. The van der Waals surface area contributed by atoms with E-state index in [1.165, 1.54) is 4.90 Å².